The Labute approximate surface area is 194 Å². The topological polar surface area (TPSA) is 9.23 Å². The van der Waals surface area contributed by atoms with E-state index in [4.69, 9.17) is 4.74 Å². The Hall–Kier alpha value is -2.72. The number of ether oxygens (including phenoxy) is 1. The highest BCUT2D eigenvalue weighted by Gasteiger charge is 2.21. The Morgan fingerprint density at radius 2 is 1.44 bits per heavy atom. The molecular weight excluding hydrogens is 388 g/mol. The van der Waals surface area contributed by atoms with Gasteiger partial charge >= 0.3 is 0 Å². The van der Waals surface area contributed by atoms with E-state index in [9.17, 15) is 0 Å². The summed E-state index contributed by atoms with van der Waals surface area (Å²) >= 11 is 0. The second kappa shape index (κ2) is 11.2. The van der Waals surface area contributed by atoms with Crippen LogP contribution < -0.4 is 4.74 Å². The Balaban J connectivity index is 1.33. The lowest BCUT2D eigenvalue weighted by atomic mass is 9.77. The summed E-state index contributed by atoms with van der Waals surface area (Å²) in [5.41, 5.74) is 3.64. The fourth-order valence-corrected chi connectivity index (χ4v) is 5.06. The van der Waals surface area contributed by atoms with Crippen LogP contribution in [0.5, 0.6) is 5.75 Å². The molecule has 0 bridgehead atoms. The van der Waals surface area contributed by atoms with Crippen molar-refractivity contribution in [3.63, 3.8) is 0 Å². The molecule has 166 valence electrons. The summed E-state index contributed by atoms with van der Waals surface area (Å²) in [6, 6.07) is 21.5. The first-order chi connectivity index (χ1) is 15.7. The number of hydrogen-bond acceptors (Lipinski definition) is 1. The third-order valence-electron chi connectivity index (χ3n) is 7.09. The SMILES string of the molecule is CCCCCC[C@H]1CC[C@H](c2ccc(C#Cc3ccc4cc(OC)ccc4c3)cc2)CC1. The van der Waals surface area contributed by atoms with E-state index in [0.717, 1.165) is 28.7 Å². The van der Waals surface area contributed by atoms with E-state index in [1.54, 1.807) is 7.11 Å². The number of benzene rings is 3. The van der Waals surface area contributed by atoms with Gasteiger partial charge in [-0.25, -0.2) is 0 Å². The highest BCUT2D eigenvalue weighted by molar-refractivity contribution is 5.85. The van der Waals surface area contributed by atoms with Crippen molar-refractivity contribution in [3.8, 4) is 17.6 Å². The van der Waals surface area contributed by atoms with Crippen molar-refractivity contribution in [1.82, 2.24) is 0 Å². The van der Waals surface area contributed by atoms with Gasteiger partial charge in [-0.05, 0) is 90.3 Å². The van der Waals surface area contributed by atoms with Gasteiger partial charge in [-0.1, -0.05) is 75.1 Å². The predicted molar refractivity (Wildman–Crippen MR) is 136 cm³/mol. The van der Waals surface area contributed by atoms with Crippen LogP contribution in [-0.4, -0.2) is 7.11 Å². The predicted octanol–water partition coefficient (Wildman–Crippen LogP) is 8.49. The molecule has 0 spiro atoms. The van der Waals surface area contributed by atoms with Crippen molar-refractivity contribution in [3.05, 3.63) is 77.4 Å². The first-order valence-electron chi connectivity index (χ1n) is 12.4. The second-order valence-electron chi connectivity index (χ2n) is 9.37. The molecule has 0 unspecified atom stereocenters. The molecule has 1 saturated carbocycles. The molecule has 1 fully saturated rings. The second-order valence-corrected chi connectivity index (χ2v) is 9.37. The molecule has 3 aromatic carbocycles. The van der Waals surface area contributed by atoms with Crippen LogP contribution in [0.2, 0.25) is 0 Å². The summed E-state index contributed by atoms with van der Waals surface area (Å²) in [5.74, 6) is 9.27. The number of fused-ring (bicyclic) bond motifs is 1. The van der Waals surface area contributed by atoms with Gasteiger partial charge in [-0.2, -0.15) is 0 Å². The zero-order valence-corrected chi connectivity index (χ0v) is 19.7. The van der Waals surface area contributed by atoms with E-state index >= 15 is 0 Å². The van der Waals surface area contributed by atoms with Crippen LogP contribution in [0.1, 0.15) is 87.3 Å². The molecule has 0 aliphatic heterocycles. The van der Waals surface area contributed by atoms with Gasteiger partial charge in [0.05, 0.1) is 7.11 Å². The minimum atomic E-state index is 0.737. The van der Waals surface area contributed by atoms with Gasteiger partial charge in [-0.15, -0.1) is 0 Å². The Kier molecular flexibility index (Phi) is 7.89. The molecule has 3 aromatic rings. The van der Waals surface area contributed by atoms with Crippen LogP contribution in [0.4, 0.5) is 0 Å². The van der Waals surface area contributed by atoms with Crippen molar-refractivity contribution in [2.45, 2.75) is 70.6 Å². The number of methoxy groups -OCH3 is 1. The molecule has 0 radical (unpaired) electrons. The molecule has 4 rings (SSSR count). The van der Waals surface area contributed by atoms with Crippen LogP contribution in [0.25, 0.3) is 10.8 Å². The molecular formula is C31H36O. The lowest BCUT2D eigenvalue weighted by Gasteiger charge is -2.29. The van der Waals surface area contributed by atoms with Gasteiger partial charge in [0, 0.05) is 11.1 Å². The van der Waals surface area contributed by atoms with E-state index in [-0.39, 0.29) is 0 Å². The smallest absolute Gasteiger partial charge is 0.119 e. The Morgan fingerprint density at radius 3 is 2.19 bits per heavy atom. The maximum absolute atomic E-state index is 5.31. The lowest BCUT2D eigenvalue weighted by molar-refractivity contribution is 0.302. The van der Waals surface area contributed by atoms with Crippen molar-refractivity contribution >= 4 is 10.8 Å². The van der Waals surface area contributed by atoms with Crippen LogP contribution >= 0.6 is 0 Å². The summed E-state index contributed by atoms with van der Waals surface area (Å²) < 4.78 is 5.31. The highest BCUT2D eigenvalue weighted by atomic mass is 16.5. The molecule has 0 amide bonds. The average molecular weight is 425 g/mol. The Bertz CT molecular complexity index is 1060. The fourth-order valence-electron chi connectivity index (χ4n) is 5.06. The molecule has 1 nitrogen and oxygen atoms in total. The van der Waals surface area contributed by atoms with Crippen molar-refractivity contribution in [1.29, 1.82) is 0 Å². The van der Waals surface area contributed by atoms with Crippen LogP contribution in [0, 0.1) is 17.8 Å². The summed E-state index contributed by atoms with van der Waals surface area (Å²) in [5, 5.41) is 2.36. The van der Waals surface area contributed by atoms with Gasteiger partial charge in [0.25, 0.3) is 0 Å². The zero-order chi connectivity index (χ0) is 22.2. The lowest BCUT2D eigenvalue weighted by Crippen LogP contribution is -2.13. The quantitative estimate of drug-likeness (QED) is 0.273. The first kappa shape index (κ1) is 22.5. The first-order valence-corrected chi connectivity index (χ1v) is 12.4. The maximum Gasteiger partial charge on any atom is 0.119 e. The van der Waals surface area contributed by atoms with E-state index in [1.807, 2.05) is 6.07 Å². The molecule has 0 aromatic heterocycles. The van der Waals surface area contributed by atoms with E-state index in [2.05, 4.69) is 73.4 Å². The van der Waals surface area contributed by atoms with Crippen LogP contribution in [0.15, 0.2) is 60.7 Å². The zero-order valence-electron chi connectivity index (χ0n) is 19.7. The standard InChI is InChI=1S/C31H36O/c1-3-4-5-6-7-24-10-15-27(16-11-24)28-17-12-25(13-18-28)8-9-26-14-19-30-23-31(32-2)21-20-29(30)22-26/h12-14,17-24,27H,3-7,10-11,15-16H2,1-2H3/t24-,27-. The molecule has 0 saturated heterocycles. The van der Waals surface area contributed by atoms with E-state index in [0.29, 0.717) is 0 Å². The highest BCUT2D eigenvalue weighted by Crippen LogP contribution is 2.37. The fraction of sp³-hybridized carbons (Fsp3) is 0.419. The monoisotopic (exact) mass is 424 g/mol. The third-order valence-corrected chi connectivity index (χ3v) is 7.09. The molecule has 1 aliphatic carbocycles. The summed E-state index contributed by atoms with van der Waals surface area (Å²) in [7, 11) is 1.70. The van der Waals surface area contributed by atoms with Gasteiger partial charge in [0.1, 0.15) is 5.75 Å². The normalized spacial score (nSPS) is 18.2. The third kappa shape index (κ3) is 5.95. The van der Waals surface area contributed by atoms with Gasteiger partial charge < -0.3 is 4.74 Å². The molecule has 1 aliphatic rings. The molecule has 32 heavy (non-hydrogen) atoms. The number of hydrogen-bond donors (Lipinski definition) is 0. The minimum absolute atomic E-state index is 0.737. The van der Waals surface area contributed by atoms with E-state index < -0.39 is 0 Å². The average Bonchev–Trinajstić information content (AvgIpc) is 2.85. The van der Waals surface area contributed by atoms with Gasteiger partial charge in [-0.3, -0.25) is 0 Å². The maximum atomic E-state index is 5.31. The Morgan fingerprint density at radius 1 is 0.750 bits per heavy atom. The number of unbranched alkanes of at least 4 members (excludes halogenated alkanes) is 3. The minimum Gasteiger partial charge on any atom is -0.497 e. The van der Waals surface area contributed by atoms with E-state index in [1.165, 1.54) is 74.1 Å². The largest absolute Gasteiger partial charge is 0.497 e. The van der Waals surface area contributed by atoms with Crippen molar-refractivity contribution in [2.75, 3.05) is 7.11 Å². The van der Waals surface area contributed by atoms with Gasteiger partial charge in [0.2, 0.25) is 0 Å². The van der Waals surface area contributed by atoms with Crippen molar-refractivity contribution < 1.29 is 4.74 Å². The summed E-state index contributed by atoms with van der Waals surface area (Å²) in [6.07, 6.45) is 12.6. The molecule has 0 N–H and O–H groups in total. The molecule has 0 heterocycles. The number of rotatable bonds is 7. The molecule has 1 heteroatoms. The van der Waals surface area contributed by atoms with Crippen LogP contribution in [0.3, 0.4) is 0 Å². The summed E-state index contributed by atoms with van der Waals surface area (Å²) in [6.45, 7) is 2.29. The molecule has 0 atom stereocenters. The van der Waals surface area contributed by atoms with Crippen molar-refractivity contribution in [2.24, 2.45) is 5.92 Å². The van der Waals surface area contributed by atoms with Gasteiger partial charge in [0.15, 0.2) is 0 Å². The van der Waals surface area contributed by atoms with Crippen LogP contribution in [-0.2, 0) is 0 Å². The summed E-state index contributed by atoms with van der Waals surface area (Å²) in [4.78, 5) is 0.